The van der Waals surface area contributed by atoms with E-state index in [1.165, 1.54) is 0 Å². The highest BCUT2D eigenvalue weighted by atomic mass is 35.5. The molecule has 0 aromatic heterocycles. The Labute approximate surface area is 185 Å². The number of rotatable bonds is 6. The van der Waals surface area contributed by atoms with Crippen molar-refractivity contribution < 1.29 is 20.4 Å². The van der Waals surface area contributed by atoms with Crippen molar-refractivity contribution in [1.82, 2.24) is 0 Å². The van der Waals surface area contributed by atoms with E-state index in [1.54, 1.807) is 50.2 Å². The van der Waals surface area contributed by atoms with Crippen molar-refractivity contribution in [3.05, 3.63) is 67.6 Å². The first-order chi connectivity index (χ1) is 13.1. The van der Waals surface area contributed by atoms with Crippen molar-refractivity contribution in [3.63, 3.8) is 0 Å². The first kappa shape index (κ1) is 25.5. The number of hydrogen-bond acceptors (Lipinski definition) is 4. The highest BCUT2D eigenvalue weighted by Gasteiger charge is 2.22. The molecule has 2 rings (SSSR count). The second-order valence-electron chi connectivity index (χ2n) is 6.11. The second-order valence-corrected chi connectivity index (χ2v) is 7.74. The van der Waals surface area contributed by atoms with E-state index in [2.05, 4.69) is 0 Å². The van der Waals surface area contributed by atoms with Gasteiger partial charge in [-0.15, -0.1) is 0 Å². The van der Waals surface area contributed by atoms with Crippen LogP contribution in [0.3, 0.4) is 0 Å². The van der Waals surface area contributed by atoms with Crippen molar-refractivity contribution in [2.75, 3.05) is 0 Å². The summed E-state index contributed by atoms with van der Waals surface area (Å²) in [6, 6.07) is 9.92. The van der Waals surface area contributed by atoms with Gasteiger partial charge in [0.1, 0.15) is 12.2 Å². The van der Waals surface area contributed by atoms with Gasteiger partial charge >= 0.3 is 0 Å². The molecular formula is C20H24Cl4O4. The predicted octanol–water partition coefficient (Wildman–Crippen LogP) is 5.60. The van der Waals surface area contributed by atoms with Crippen LogP contribution in [0.1, 0.15) is 50.0 Å². The summed E-state index contributed by atoms with van der Waals surface area (Å²) in [4.78, 5) is 0. The molecule has 2 aromatic rings. The maximum absolute atomic E-state index is 9.73. The third-order valence-electron chi connectivity index (χ3n) is 4.16. The van der Waals surface area contributed by atoms with Crippen LogP contribution in [0.15, 0.2) is 36.4 Å². The van der Waals surface area contributed by atoms with Gasteiger partial charge in [-0.25, -0.2) is 0 Å². The summed E-state index contributed by atoms with van der Waals surface area (Å²) in [7, 11) is 0. The monoisotopic (exact) mass is 468 g/mol. The molecule has 0 bridgehead atoms. The van der Waals surface area contributed by atoms with Gasteiger partial charge in [0.25, 0.3) is 0 Å². The number of aliphatic hydroxyl groups is 4. The number of hydrogen-bond donors (Lipinski definition) is 4. The number of benzene rings is 2. The number of halogens is 4. The van der Waals surface area contributed by atoms with E-state index in [-0.39, 0.29) is 0 Å². The average Bonchev–Trinajstić information content (AvgIpc) is 2.66. The fourth-order valence-electron chi connectivity index (χ4n) is 2.42. The molecule has 0 radical (unpaired) electrons. The van der Waals surface area contributed by atoms with E-state index in [9.17, 15) is 20.4 Å². The molecule has 0 aliphatic rings. The molecule has 0 aliphatic heterocycles. The molecule has 0 saturated heterocycles. The van der Waals surface area contributed by atoms with Gasteiger partial charge in [0.2, 0.25) is 0 Å². The van der Waals surface area contributed by atoms with Crippen LogP contribution in [0.5, 0.6) is 0 Å². The summed E-state index contributed by atoms with van der Waals surface area (Å²) in [5.41, 5.74) is 0.787. The average molecular weight is 470 g/mol. The van der Waals surface area contributed by atoms with Crippen LogP contribution >= 0.6 is 46.4 Å². The van der Waals surface area contributed by atoms with Crippen molar-refractivity contribution in [1.29, 1.82) is 0 Å². The molecule has 8 heteroatoms. The molecule has 2 aromatic carbocycles. The Bertz CT molecular complexity index is 653. The molecule has 4 atom stereocenters. The second kappa shape index (κ2) is 12.2. The zero-order valence-corrected chi connectivity index (χ0v) is 18.5. The standard InChI is InChI=1S/2C10H12Cl2O2/c2*1-2-8(13)10(14)9-6(11)4-3-5-7(9)12/h2*3-5,8,10,13-14H,2H2,1H3/t2*8-,10+/m10/s1. The Kier molecular flexibility index (Phi) is 11.1. The molecule has 4 nitrogen and oxygen atoms in total. The van der Waals surface area contributed by atoms with E-state index in [0.29, 0.717) is 44.1 Å². The summed E-state index contributed by atoms with van der Waals surface area (Å²) in [6.07, 6.45) is -2.84. The zero-order valence-electron chi connectivity index (χ0n) is 15.5. The first-order valence-electron chi connectivity index (χ1n) is 8.75. The van der Waals surface area contributed by atoms with Crippen LogP contribution in [0.25, 0.3) is 0 Å². The summed E-state index contributed by atoms with van der Waals surface area (Å²) in [5.74, 6) is 0. The van der Waals surface area contributed by atoms with Gasteiger partial charge in [0.05, 0.1) is 12.2 Å². The minimum absolute atomic E-state index is 0.373. The van der Waals surface area contributed by atoms with Crippen molar-refractivity contribution >= 4 is 46.4 Å². The van der Waals surface area contributed by atoms with Gasteiger partial charge in [-0.05, 0) is 37.1 Å². The van der Waals surface area contributed by atoms with Crippen molar-refractivity contribution in [2.24, 2.45) is 0 Å². The highest BCUT2D eigenvalue weighted by Crippen LogP contribution is 2.33. The SMILES string of the molecule is CC[C@@H](O)[C@H](O)c1c(Cl)cccc1Cl.CC[C@H](O)[C@@H](O)c1c(Cl)cccc1Cl. The molecule has 4 N–H and O–H groups in total. The predicted molar refractivity (Wildman–Crippen MR) is 115 cm³/mol. The number of aliphatic hydroxyl groups excluding tert-OH is 4. The maximum atomic E-state index is 9.73. The van der Waals surface area contributed by atoms with Crippen LogP contribution < -0.4 is 0 Å². The summed E-state index contributed by atoms with van der Waals surface area (Å²) < 4.78 is 0. The summed E-state index contributed by atoms with van der Waals surface area (Å²) in [6.45, 7) is 3.55. The Balaban J connectivity index is 0.000000280. The van der Waals surface area contributed by atoms with Gasteiger partial charge < -0.3 is 20.4 Å². The highest BCUT2D eigenvalue weighted by molar-refractivity contribution is 6.36. The summed E-state index contributed by atoms with van der Waals surface area (Å²) in [5, 5.41) is 39.9. The Morgan fingerprint density at radius 3 is 1.07 bits per heavy atom. The van der Waals surface area contributed by atoms with Gasteiger partial charge in [0.15, 0.2) is 0 Å². The summed E-state index contributed by atoms with van der Waals surface area (Å²) >= 11 is 23.5. The molecule has 0 spiro atoms. The molecule has 0 heterocycles. The minimum atomic E-state index is -1.03. The lowest BCUT2D eigenvalue weighted by molar-refractivity contribution is 0.0166. The molecule has 156 valence electrons. The zero-order chi connectivity index (χ0) is 21.4. The third kappa shape index (κ3) is 6.75. The lowest BCUT2D eigenvalue weighted by Gasteiger charge is -2.18. The van der Waals surface area contributed by atoms with Gasteiger partial charge in [-0.2, -0.15) is 0 Å². The fraction of sp³-hybridized carbons (Fsp3) is 0.400. The molecule has 0 amide bonds. The van der Waals surface area contributed by atoms with E-state index in [4.69, 9.17) is 46.4 Å². The lowest BCUT2D eigenvalue weighted by atomic mass is 10.0. The third-order valence-corrected chi connectivity index (χ3v) is 5.47. The lowest BCUT2D eigenvalue weighted by Crippen LogP contribution is -2.17. The first-order valence-corrected chi connectivity index (χ1v) is 10.3. The quantitative estimate of drug-likeness (QED) is 0.444. The van der Waals surface area contributed by atoms with E-state index in [1.807, 2.05) is 0 Å². The van der Waals surface area contributed by atoms with E-state index in [0.717, 1.165) is 0 Å². The molecule has 0 saturated carbocycles. The smallest absolute Gasteiger partial charge is 0.108 e. The molecule has 28 heavy (non-hydrogen) atoms. The van der Waals surface area contributed by atoms with Crippen molar-refractivity contribution in [3.8, 4) is 0 Å². The Morgan fingerprint density at radius 2 is 0.857 bits per heavy atom. The minimum Gasteiger partial charge on any atom is -0.390 e. The largest absolute Gasteiger partial charge is 0.390 e. The Hall–Kier alpha value is -0.560. The van der Waals surface area contributed by atoms with Crippen LogP contribution in [0.2, 0.25) is 20.1 Å². The maximum Gasteiger partial charge on any atom is 0.108 e. The normalized spacial score (nSPS) is 15.2. The molecule has 0 aliphatic carbocycles. The van der Waals surface area contributed by atoms with Crippen LogP contribution in [-0.4, -0.2) is 32.6 Å². The van der Waals surface area contributed by atoms with E-state index >= 15 is 0 Å². The molecular weight excluding hydrogens is 446 g/mol. The van der Waals surface area contributed by atoms with Gasteiger partial charge in [0, 0.05) is 31.2 Å². The van der Waals surface area contributed by atoms with Crippen LogP contribution in [0, 0.1) is 0 Å². The molecule has 0 unspecified atom stereocenters. The topological polar surface area (TPSA) is 80.9 Å². The van der Waals surface area contributed by atoms with Gasteiger partial charge in [-0.1, -0.05) is 72.4 Å². The Morgan fingerprint density at radius 1 is 0.607 bits per heavy atom. The molecule has 0 fully saturated rings. The van der Waals surface area contributed by atoms with Crippen LogP contribution in [-0.2, 0) is 0 Å². The van der Waals surface area contributed by atoms with Crippen LogP contribution in [0.4, 0.5) is 0 Å². The van der Waals surface area contributed by atoms with Crippen molar-refractivity contribution in [2.45, 2.75) is 51.1 Å². The van der Waals surface area contributed by atoms with E-state index < -0.39 is 24.4 Å². The fourth-order valence-corrected chi connectivity index (χ4v) is 3.66. The van der Waals surface area contributed by atoms with Gasteiger partial charge in [-0.3, -0.25) is 0 Å².